The summed E-state index contributed by atoms with van der Waals surface area (Å²) in [7, 11) is 0. The minimum Gasteiger partial charge on any atom is -0.491 e. The maximum atomic E-state index is 6.05. The molecule has 2 aromatic carbocycles. The first kappa shape index (κ1) is 15.4. The molecule has 1 fully saturated rings. The van der Waals surface area contributed by atoms with Gasteiger partial charge in [-0.2, -0.15) is 0 Å². The first-order chi connectivity index (χ1) is 10.7. The number of benzene rings is 2. The van der Waals surface area contributed by atoms with Crippen molar-refractivity contribution in [1.82, 2.24) is 5.32 Å². The van der Waals surface area contributed by atoms with E-state index < -0.39 is 0 Å². The summed E-state index contributed by atoms with van der Waals surface area (Å²) in [6, 6.07) is 13.6. The number of nitrogens with one attached hydrogen (secondary N) is 1. The van der Waals surface area contributed by atoms with E-state index in [1.165, 1.54) is 48.4 Å². The number of rotatable bonds is 5. The van der Waals surface area contributed by atoms with Gasteiger partial charge in [0.2, 0.25) is 0 Å². The minimum absolute atomic E-state index is 0.203. The molecule has 2 aromatic rings. The summed E-state index contributed by atoms with van der Waals surface area (Å²) in [4.78, 5) is 0. The van der Waals surface area contributed by atoms with Gasteiger partial charge in [0.1, 0.15) is 5.75 Å². The van der Waals surface area contributed by atoms with Crippen LogP contribution in [0, 0.1) is 0 Å². The molecule has 0 amide bonds. The van der Waals surface area contributed by atoms with E-state index >= 15 is 0 Å². The van der Waals surface area contributed by atoms with Crippen LogP contribution in [0.4, 0.5) is 0 Å². The Labute approximate surface area is 133 Å². The van der Waals surface area contributed by atoms with Crippen molar-refractivity contribution in [2.24, 2.45) is 0 Å². The van der Waals surface area contributed by atoms with Gasteiger partial charge in [-0.3, -0.25) is 0 Å². The molecular formula is C20H27NO. The van der Waals surface area contributed by atoms with E-state index in [4.69, 9.17) is 4.74 Å². The fraction of sp³-hybridized carbons (Fsp3) is 0.500. The first-order valence-electron chi connectivity index (χ1n) is 8.64. The monoisotopic (exact) mass is 297 g/mol. The van der Waals surface area contributed by atoms with Crippen molar-refractivity contribution in [3.8, 4) is 5.75 Å². The summed E-state index contributed by atoms with van der Waals surface area (Å²) in [5.74, 6) is 1.03. The molecule has 0 unspecified atom stereocenters. The Hall–Kier alpha value is -1.54. The topological polar surface area (TPSA) is 21.3 Å². The Morgan fingerprint density at radius 2 is 1.82 bits per heavy atom. The van der Waals surface area contributed by atoms with Gasteiger partial charge in [-0.15, -0.1) is 0 Å². The summed E-state index contributed by atoms with van der Waals surface area (Å²) in [5.41, 5.74) is 1.30. The highest BCUT2D eigenvalue weighted by Crippen LogP contribution is 2.29. The van der Waals surface area contributed by atoms with Gasteiger partial charge in [0.05, 0.1) is 6.10 Å². The fourth-order valence-electron chi connectivity index (χ4n) is 3.42. The third kappa shape index (κ3) is 3.61. The molecule has 22 heavy (non-hydrogen) atoms. The molecule has 1 saturated carbocycles. The van der Waals surface area contributed by atoms with Gasteiger partial charge in [-0.1, -0.05) is 49.6 Å². The van der Waals surface area contributed by atoms with Gasteiger partial charge >= 0.3 is 0 Å². The molecule has 0 bridgehead atoms. The molecule has 3 rings (SSSR count). The Bertz CT molecular complexity index is 614. The summed E-state index contributed by atoms with van der Waals surface area (Å²) in [6.07, 6.45) is 6.95. The third-order valence-corrected chi connectivity index (χ3v) is 4.53. The second-order valence-electron chi connectivity index (χ2n) is 6.65. The van der Waals surface area contributed by atoms with Crippen LogP contribution in [0.1, 0.15) is 51.5 Å². The average molecular weight is 297 g/mol. The molecule has 0 heterocycles. The van der Waals surface area contributed by atoms with Crippen molar-refractivity contribution in [2.75, 3.05) is 0 Å². The van der Waals surface area contributed by atoms with Gasteiger partial charge in [0.15, 0.2) is 0 Å². The van der Waals surface area contributed by atoms with Crippen LogP contribution in [-0.4, -0.2) is 12.1 Å². The molecular weight excluding hydrogens is 270 g/mol. The van der Waals surface area contributed by atoms with Crippen LogP contribution in [0.5, 0.6) is 5.75 Å². The lowest BCUT2D eigenvalue weighted by Crippen LogP contribution is -2.30. The highest BCUT2D eigenvalue weighted by molar-refractivity contribution is 5.87. The Kier molecular flexibility index (Phi) is 4.99. The zero-order valence-electron chi connectivity index (χ0n) is 13.8. The molecule has 2 heteroatoms. The molecule has 1 N–H and O–H groups in total. The van der Waals surface area contributed by atoms with Gasteiger partial charge in [0.25, 0.3) is 0 Å². The van der Waals surface area contributed by atoms with Gasteiger partial charge < -0.3 is 10.1 Å². The molecule has 0 aliphatic heterocycles. The van der Waals surface area contributed by atoms with Crippen LogP contribution in [0.25, 0.3) is 10.8 Å². The molecule has 0 radical (unpaired) electrons. The van der Waals surface area contributed by atoms with Crippen molar-refractivity contribution in [3.05, 3.63) is 42.0 Å². The lowest BCUT2D eigenvalue weighted by atomic mass is 9.95. The van der Waals surface area contributed by atoms with Gasteiger partial charge in [0, 0.05) is 18.2 Å². The quantitative estimate of drug-likeness (QED) is 0.834. The van der Waals surface area contributed by atoms with E-state index in [9.17, 15) is 0 Å². The molecule has 0 spiro atoms. The van der Waals surface area contributed by atoms with E-state index in [0.29, 0.717) is 6.04 Å². The van der Waals surface area contributed by atoms with Crippen molar-refractivity contribution in [2.45, 2.75) is 64.6 Å². The van der Waals surface area contributed by atoms with Crippen molar-refractivity contribution in [1.29, 1.82) is 0 Å². The minimum atomic E-state index is 0.203. The molecule has 0 aromatic heterocycles. The van der Waals surface area contributed by atoms with E-state index in [0.717, 1.165) is 12.3 Å². The predicted octanol–water partition coefficient (Wildman–Crippen LogP) is 5.05. The Morgan fingerprint density at radius 3 is 2.59 bits per heavy atom. The lowest BCUT2D eigenvalue weighted by Gasteiger charge is -2.24. The second-order valence-corrected chi connectivity index (χ2v) is 6.65. The molecule has 0 saturated heterocycles. The van der Waals surface area contributed by atoms with Gasteiger partial charge in [-0.25, -0.2) is 0 Å². The highest BCUT2D eigenvalue weighted by atomic mass is 16.5. The SMILES string of the molecule is CC(C)Oc1ccc2ccccc2c1CNC1CCCCC1. The molecule has 1 aliphatic carbocycles. The van der Waals surface area contributed by atoms with Crippen molar-refractivity contribution < 1.29 is 4.74 Å². The molecule has 1 aliphatic rings. The summed E-state index contributed by atoms with van der Waals surface area (Å²) < 4.78 is 6.05. The Morgan fingerprint density at radius 1 is 1.05 bits per heavy atom. The standard InChI is InChI=1S/C20H27NO/c1-15(2)22-20-13-12-16-8-6-7-11-18(16)19(20)14-21-17-9-4-3-5-10-17/h6-8,11-13,15,17,21H,3-5,9-10,14H2,1-2H3. The number of ether oxygens (including phenoxy) is 1. The van der Waals surface area contributed by atoms with Crippen molar-refractivity contribution in [3.63, 3.8) is 0 Å². The summed E-state index contributed by atoms with van der Waals surface area (Å²) in [6.45, 7) is 5.08. The van der Waals surface area contributed by atoms with Gasteiger partial charge in [-0.05, 0) is 43.5 Å². The van der Waals surface area contributed by atoms with E-state index in [1.807, 2.05) is 0 Å². The second kappa shape index (κ2) is 7.15. The van der Waals surface area contributed by atoms with Crippen LogP contribution < -0.4 is 10.1 Å². The van der Waals surface area contributed by atoms with Crippen LogP contribution in [0.2, 0.25) is 0 Å². The summed E-state index contributed by atoms with van der Waals surface area (Å²) >= 11 is 0. The largest absolute Gasteiger partial charge is 0.491 e. The normalized spacial score (nSPS) is 16.3. The predicted molar refractivity (Wildman–Crippen MR) is 93.4 cm³/mol. The van der Waals surface area contributed by atoms with Crippen LogP contribution in [0.3, 0.4) is 0 Å². The highest BCUT2D eigenvalue weighted by Gasteiger charge is 2.15. The van der Waals surface area contributed by atoms with E-state index in [-0.39, 0.29) is 6.10 Å². The number of hydrogen-bond donors (Lipinski definition) is 1. The number of fused-ring (bicyclic) bond motifs is 1. The molecule has 118 valence electrons. The first-order valence-corrected chi connectivity index (χ1v) is 8.64. The lowest BCUT2D eigenvalue weighted by molar-refractivity contribution is 0.239. The zero-order chi connectivity index (χ0) is 15.4. The molecule has 0 atom stereocenters. The van der Waals surface area contributed by atoms with E-state index in [2.05, 4.69) is 55.6 Å². The smallest absolute Gasteiger partial charge is 0.124 e. The average Bonchev–Trinajstić information content (AvgIpc) is 2.54. The summed E-state index contributed by atoms with van der Waals surface area (Å²) in [5, 5.41) is 6.36. The van der Waals surface area contributed by atoms with Crippen LogP contribution in [-0.2, 0) is 6.54 Å². The zero-order valence-corrected chi connectivity index (χ0v) is 13.8. The van der Waals surface area contributed by atoms with Crippen molar-refractivity contribution >= 4 is 10.8 Å². The Balaban J connectivity index is 1.86. The third-order valence-electron chi connectivity index (χ3n) is 4.53. The van der Waals surface area contributed by atoms with Crippen LogP contribution >= 0.6 is 0 Å². The van der Waals surface area contributed by atoms with Crippen LogP contribution in [0.15, 0.2) is 36.4 Å². The maximum Gasteiger partial charge on any atom is 0.124 e. The maximum absolute atomic E-state index is 6.05. The molecule has 2 nitrogen and oxygen atoms in total. The fourth-order valence-corrected chi connectivity index (χ4v) is 3.42. The number of hydrogen-bond acceptors (Lipinski definition) is 2. The van der Waals surface area contributed by atoms with E-state index in [1.54, 1.807) is 0 Å².